The molecule has 0 bridgehead atoms. The molecule has 8 heteroatoms. The van der Waals surface area contributed by atoms with Crippen LogP contribution >= 0.6 is 0 Å². The number of hydrogen-bond donors (Lipinski definition) is 2. The fraction of sp³-hybridized carbons (Fsp3) is 0.400. The third kappa shape index (κ3) is 3.84. The van der Waals surface area contributed by atoms with Gasteiger partial charge < -0.3 is 20.5 Å². The molecule has 3 N–H and O–H groups in total. The summed E-state index contributed by atoms with van der Waals surface area (Å²) in [4.78, 5) is 24.0. The van der Waals surface area contributed by atoms with Crippen LogP contribution in [0.15, 0.2) is 59.8 Å². The third-order valence-corrected chi connectivity index (χ3v) is 6.73. The Morgan fingerprint density at radius 1 is 1.15 bits per heavy atom. The van der Waals surface area contributed by atoms with E-state index in [4.69, 9.17) is 15.6 Å². The number of carboxylic acid groups (broad SMARTS) is 1. The maximum Gasteiger partial charge on any atom is 0.303 e. The normalized spacial score (nSPS) is 26.7. The van der Waals surface area contributed by atoms with Gasteiger partial charge in [0.1, 0.15) is 5.75 Å². The molecule has 4 rings (SSSR count). The van der Waals surface area contributed by atoms with Gasteiger partial charge in [-0.15, -0.1) is 0 Å². The van der Waals surface area contributed by atoms with E-state index in [0.29, 0.717) is 30.7 Å². The second-order valence-electron chi connectivity index (χ2n) is 9.57. The number of allylic oxidation sites excluding steroid dienone is 2. The zero-order valence-electron chi connectivity index (χ0n) is 19.1. The van der Waals surface area contributed by atoms with E-state index >= 15 is 0 Å². The van der Waals surface area contributed by atoms with Gasteiger partial charge in [-0.1, -0.05) is 18.2 Å². The maximum atomic E-state index is 11.2. The van der Waals surface area contributed by atoms with Crippen molar-refractivity contribution in [3.63, 3.8) is 0 Å². The molecule has 0 aromatic heterocycles. The first-order chi connectivity index (χ1) is 15.5. The predicted octanol–water partition coefficient (Wildman–Crippen LogP) is 4.39. The van der Waals surface area contributed by atoms with Crippen molar-refractivity contribution in [1.29, 1.82) is 0 Å². The molecule has 1 spiro atoms. The molecule has 0 saturated carbocycles. The Morgan fingerprint density at radius 2 is 1.88 bits per heavy atom. The van der Waals surface area contributed by atoms with E-state index in [2.05, 4.69) is 24.8 Å². The molecule has 0 saturated heterocycles. The van der Waals surface area contributed by atoms with E-state index in [-0.39, 0.29) is 12.1 Å². The van der Waals surface area contributed by atoms with Gasteiger partial charge in [0.25, 0.3) is 5.69 Å². The van der Waals surface area contributed by atoms with E-state index in [1.165, 1.54) is 12.1 Å². The molecule has 33 heavy (non-hydrogen) atoms. The summed E-state index contributed by atoms with van der Waals surface area (Å²) in [6, 6.07) is 4.60. The van der Waals surface area contributed by atoms with Crippen molar-refractivity contribution in [3.8, 4) is 5.75 Å². The zero-order valence-corrected chi connectivity index (χ0v) is 19.1. The molecule has 1 aromatic rings. The number of hydrogen-bond acceptors (Lipinski definition) is 6. The van der Waals surface area contributed by atoms with E-state index in [9.17, 15) is 14.9 Å². The minimum Gasteiger partial charge on any atom is -0.481 e. The van der Waals surface area contributed by atoms with E-state index < -0.39 is 27.6 Å². The molecular weight excluding hydrogens is 422 g/mol. The largest absolute Gasteiger partial charge is 0.481 e. The van der Waals surface area contributed by atoms with Crippen molar-refractivity contribution in [2.24, 2.45) is 11.1 Å². The Kier molecular flexibility index (Phi) is 5.44. The van der Waals surface area contributed by atoms with Gasteiger partial charge >= 0.3 is 5.97 Å². The highest BCUT2D eigenvalue weighted by Gasteiger charge is 2.59. The summed E-state index contributed by atoms with van der Waals surface area (Å²) in [5, 5.41) is 20.2. The first-order valence-corrected chi connectivity index (χ1v) is 11.1. The van der Waals surface area contributed by atoms with Crippen LogP contribution in [0.4, 0.5) is 5.69 Å². The summed E-state index contributed by atoms with van der Waals surface area (Å²) in [6.45, 7) is 6.74. The van der Waals surface area contributed by atoms with Crippen molar-refractivity contribution < 1.29 is 19.6 Å². The van der Waals surface area contributed by atoms with Gasteiger partial charge in [0.2, 0.25) is 5.72 Å². The van der Waals surface area contributed by atoms with Crippen LogP contribution in [-0.4, -0.2) is 38.7 Å². The number of rotatable bonds is 6. The minimum absolute atomic E-state index is 0.0103. The quantitative estimate of drug-likeness (QED) is 0.374. The number of benzene rings is 1. The average molecular weight is 452 g/mol. The lowest BCUT2D eigenvalue weighted by Gasteiger charge is -2.48. The van der Waals surface area contributed by atoms with Gasteiger partial charge in [-0.2, -0.15) is 0 Å². The van der Waals surface area contributed by atoms with Crippen LogP contribution in [0.25, 0.3) is 6.08 Å². The molecule has 3 aliphatic rings. The topological polar surface area (TPSA) is 119 Å². The molecule has 8 nitrogen and oxygen atoms in total. The van der Waals surface area contributed by atoms with Crippen LogP contribution in [0, 0.1) is 15.5 Å². The van der Waals surface area contributed by atoms with Gasteiger partial charge in [-0.3, -0.25) is 14.9 Å². The fourth-order valence-corrected chi connectivity index (χ4v) is 4.82. The number of non-ortho nitro benzene ring substituents is 1. The number of carbonyl (C=O) groups is 1. The van der Waals surface area contributed by atoms with Gasteiger partial charge in [0.15, 0.2) is 0 Å². The van der Waals surface area contributed by atoms with Crippen molar-refractivity contribution in [2.75, 3.05) is 6.54 Å². The lowest BCUT2D eigenvalue weighted by Crippen LogP contribution is -2.57. The molecule has 0 fully saturated rings. The second-order valence-corrected chi connectivity index (χ2v) is 9.57. The highest BCUT2D eigenvalue weighted by molar-refractivity contribution is 5.67. The molecule has 174 valence electrons. The summed E-state index contributed by atoms with van der Waals surface area (Å²) in [7, 11) is 0. The molecule has 2 aliphatic heterocycles. The molecule has 1 aromatic carbocycles. The number of nitrogens with two attached hydrogens (primary N) is 1. The molecule has 0 amide bonds. The van der Waals surface area contributed by atoms with Crippen LogP contribution in [0.1, 0.15) is 45.6 Å². The number of aliphatic carboxylic acids is 1. The minimum atomic E-state index is -0.874. The summed E-state index contributed by atoms with van der Waals surface area (Å²) in [5.74, 6) is -0.243. The van der Waals surface area contributed by atoms with Crippen molar-refractivity contribution in [1.82, 2.24) is 4.90 Å². The van der Waals surface area contributed by atoms with Crippen molar-refractivity contribution >= 4 is 17.7 Å². The molecular formula is C25H29N3O5. The number of carboxylic acids is 1. The summed E-state index contributed by atoms with van der Waals surface area (Å²) in [5.41, 5.74) is 7.12. The Hall–Kier alpha value is -3.39. The maximum absolute atomic E-state index is 11.2. The number of nitrogens with zero attached hydrogens (tertiary/aromatic N) is 2. The Morgan fingerprint density at radius 3 is 2.58 bits per heavy atom. The lowest BCUT2D eigenvalue weighted by molar-refractivity contribution is -0.384. The number of nitro benzene ring substituents is 1. The highest BCUT2D eigenvalue weighted by atomic mass is 16.6. The third-order valence-electron chi connectivity index (χ3n) is 6.73. The predicted molar refractivity (Wildman–Crippen MR) is 125 cm³/mol. The molecule has 0 radical (unpaired) electrons. The number of fused-ring (bicyclic) bond motifs is 1. The standard InChI is InChI=1S/C25H29N3O5/c1-23(2)19-10-12-24(3,26)13-11-20(19)27(15-5-4-6-22(29)30)25(23)14-9-17-16-18(28(31)32)7-8-21(17)33-25/h7-14,16H,4-6,15,26H2,1-3H3,(H,29,30). The van der Waals surface area contributed by atoms with E-state index in [0.717, 1.165) is 11.3 Å². The zero-order chi connectivity index (χ0) is 24.0. The Bertz CT molecular complexity index is 1130. The smallest absolute Gasteiger partial charge is 0.303 e. The average Bonchev–Trinajstić information content (AvgIpc) is 2.83. The SMILES string of the molecule is CC1(N)C=CC2=C(C=C1)C(C)(C)C1(C=Cc3cc([N+](=O)[O-])ccc3O1)N2CCCCC(=O)O. The van der Waals surface area contributed by atoms with Gasteiger partial charge in [-0.25, -0.2) is 0 Å². The van der Waals surface area contributed by atoms with Crippen LogP contribution < -0.4 is 10.5 Å². The number of ether oxygens (including phenoxy) is 1. The Labute approximate surface area is 192 Å². The Balaban J connectivity index is 1.76. The molecule has 2 heterocycles. The highest BCUT2D eigenvalue weighted by Crippen LogP contribution is 2.56. The van der Waals surface area contributed by atoms with Crippen LogP contribution in [0.2, 0.25) is 0 Å². The monoisotopic (exact) mass is 451 g/mol. The second kappa shape index (κ2) is 7.88. The van der Waals surface area contributed by atoms with Gasteiger partial charge in [0, 0.05) is 36.4 Å². The van der Waals surface area contributed by atoms with Crippen molar-refractivity contribution in [3.05, 3.63) is 75.5 Å². The number of unbranched alkanes of at least 4 members (excludes halogenated alkanes) is 1. The van der Waals surface area contributed by atoms with Gasteiger partial charge in [0.05, 0.1) is 15.9 Å². The molecule has 2 atom stereocenters. The first kappa shape index (κ1) is 22.8. The number of nitro groups is 1. The molecule has 1 aliphatic carbocycles. The van der Waals surface area contributed by atoms with Crippen molar-refractivity contribution in [2.45, 2.75) is 51.3 Å². The van der Waals surface area contributed by atoms with Gasteiger partial charge in [-0.05, 0) is 63.5 Å². The molecule has 2 unspecified atom stereocenters. The van der Waals surface area contributed by atoms with E-state index in [1.807, 2.05) is 37.3 Å². The van der Waals surface area contributed by atoms with E-state index in [1.54, 1.807) is 6.07 Å². The van der Waals surface area contributed by atoms with Crippen LogP contribution in [0.5, 0.6) is 5.75 Å². The van der Waals surface area contributed by atoms with Crippen LogP contribution in [0.3, 0.4) is 0 Å². The fourth-order valence-electron chi connectivity index (χ4n) is 4.82. The summed E-state index contributed by atoms with van der Waals surface area (Å²) >= 11 is 0. The summed E-state index contributed by atoms with van der Waals surface area (Å²) < 4.78 is 6.67. The first-order valence-electron chi connectivity index (χ1n) is 11.1. The summed E-state index contributed by atoms with van der Waals surface area (Å²) in [6.07, 6.45) is 13.2. The lowest BCUT2D eigenvalue weighted by atomic mass is 9.75. The van der Waals surface area contributed by atoms with Crippen LogP contribution in [-0.2, 0) is 4.79 Å².